The molecule has 1 aliphatic rings. The van der Waals surface area contributed by atoms with Gasteiger partial charge in [-0.05, 0) is 31.0 Å². The van der Waals surface area contributed by atoms with Gasteiger partial charge in [-0.25, -0.2) is 0 Å². The molecular formula is C14H20N2OS. The summed E-state index contributed by atoms with van der Waals surface area (Å²) < 4.78 is 0. The molecule has 0 aromatic heterocycles. The van der Waals surface area contributed by atoms with E-state index in [0.29, 0.717) is 11.8 Å². The Bertz CT molecular complexity index is 403. The molecule has 18 heavy (non-hydrogen) atoms. The Morgan fingerprint density at radius 1 is 1.33 bits per heavy atom. The Morgan fingerprint density at radius 2 is 2.11 bits per heavy atom. The summed E-state index contributed by atoms with van der Waals surface area (Å²) in [5, 5.41) is 3.11. The number of rotatable bonds is 4. The average Bonchev–Trinajstić information content (AvgIpc) is 2.38. The van der Waals surface area contributed by atoms with E-state index in [1.165, 1.54) is 31.0 Å². The Balaban J connectivity index is 1.74. The van der Waals surface area contributed by atoms with Gasteiger partial charge >= 0.3 is 0 Å². The summed E-state index contributed by atoms with van der Waals surface area (Å²) in [7, 11) is 0. The summed E-state index contributed by atoms with van der Waals surface area (Å²) in [5.74, 6) is 0.606. The number of amides is 1. The molecule has 4 heteroatoms. The largest absolute Gasteiger partial charge is 0.399 e. The lowest BCUT2D eigenvalue weighted by Gasteiger charge is -2.22. The Labute approximate surface area is 113 Å². The molecule has 0 radical (unpaired) electrons. The van der Waals surface area contributed by atoms with Crippen molar-refractivity contribution in [3.8, 4) is 0 Å². The van der Waals surface area contributed by atoms with Crippen LogP contribution in [0.4, 0.5) is 5.69 Å². The van der Waals surface area contributed by atoms with E-state index in [2.05, 4.69) is 5.32 Å². The number of hydrogen-bond donors (Lipinski definition) is 2. The van der Waals surface area contributed by atoms with Crippen LogP contribution in [0.1, 0.15) is 32.1 Å². The van der Waals surface area contributed by atoms with E-state index in [1.54, 1.807) is 0 Å². The van der Waals surface area contributed by atoms with Crippen molar-refractivity contribution >= 4 is 23.4 Å². The second-order valence-corrected chi connectivity index (χ2v) is 5.81. The molecule has 1 aromatic carbocycles. The van der Waals surface area contributed by atoms with Gasteiger partial charge in [-0.2, -0.15) is 0 Å². The fourth-order valence-electron chi connectivity index (χ4n) is 2.27. The predicted molar refractivity (Wildman–Crippen MR) is 76.6 cm³/mol. The summed E-state index contributed by atoms with van der Waals surface area (Å²) in [6.45, 7) is 0. The van der Waals surface area contributed by atoms with Gasteiger partial charge in [-0.3, -0.25) is 4.79 Å². The lowest BCUT2D eigenvalue weighted by Crippen LogP contribution is -2.37. The summed E-state index contributed by atoms with van der Waals surface area (Å²) in [6.07, 6.45) is 6.06. The van der Waals surface area contributed by atoms with E-state index in [9.17, 15) is 4.79 Å². The number of carbonyl (C=O) groups excluding carboxylic acids is 1. The average molecular weight is 264 g/mol. The lowest BCUT2D eigenvalue weighted by molar-refractivity contribution is -0.119. The number of benzene rings is 1. The standard InChI is InChI=1S/C14H20N2OS/c15-11-5-4-8-13(9-11)18-10-14(17)16-12-6-2-1-3-7-12/h4-5,8-9,12H,1-3,6-7,10,15H2,(H,16,17). The molecule has 0 spiro atoms. The van der Waals surface area contributed by atoms with Crippen LogP contribution in [0.2, 0.25) is 0 Å². The third-order valence-corrected chi connectivity index (χ3v) is 4.19. The zero-order valence-electron chi connectivity index (χ0n) is 10.5. The first-order chi connectivity index (χ1) is 8.74. The van der Waals surface area contributed by atoms with Crippen molar-refractivity contribution in [2.75, 3.05) is 11.5 Å². The molecule has 0 saturated heterocycles. The molecule has 1 amide bonds. The normalized spacial score (nSPS) is 16.4. The van der Waals surface area contributed by atoms with Gasteiger partial charge < -0.3 is 11.1 Å². The number of nitrogens with two attached hydrogens (primary N) is 1. The van der Waals surface area contributed by atoms with E-state index >= 15 is 0 Å². The zero-order chi connectivity index (χ0) is 12.8. The van der Waals surface area contributed by atoms with Gasteiger partial charge in [0.15, 0.2) is 0 Å². The predicted octanol–water partition coefficient (Wildman–Crippen LogP) is 2.81. The van der Waals surface area contributed by atoms with Crippen molar-refractivity contribution in [1.29, 1.82) is 0 Å². The highest BCUT2D eigenvalue weighted by atomic mass is 32.2. The topological polar surface area (TPSA) is 55.1 Å². The fourth-order valence-corrected chi connectivity index (χ4v) is 3.04. The molecular weight excluding hydrogens is 244 g/mol. The van der Waals surface area contributed by atoms with Crippen LogP contribution >= 0.6 is 11.8 Å². The zero-order valence-corrected chi connectivity index (χ0v) is 11.3. The van der Waals surface area contributed by atoms with Crippen LogP contribution in [-0.2, 0) is 4.79 Å². The Morgan fingerprint density at radius 3 is 2.83 bits per heavy atom. The molecule has 1 aliphatic carbocycles. The van der Waals surface area contributed by atoms with Gasteiger partial charge in [0, 0.05) is 16.6 Å². The van der Waals surface area contributed by atoms with E-state index < -0.39 is 0 Å². The molecule has 0 bridgehead atoms. The fraction of sp³-hybridized carbons (Fsp3) is 0.500. The number of thioether (sulfide) groups is 1. The summed E-state index contributed by atoms with van der Waals surface area (Å²) >= 11 is 1.54. The third kappa shape index (κ3) is 4.26. The van der Waals surface area contributed by atoms with Crippen LogP contribution in [0.3, 0.4) is 0 Å². The van der Waals surface area contributed by atoms with Crippen LogP contribution in [-0.4, -0.2) is 17.7 Å². The summed E-state index contributed by atoms with van der Waals surface area (Å²) in [5.41, 5.74) is 6.44. The third-order valence-electron chi connectivity index (χ3n) is 3.20. The first-order valence-electron chi connectivity index (χ1n) is 6.52. The Hall–Kier alpha value is -1.16. The molecule has 2 rings (SSSR count). The highest BCUT2D eigenvalue weighted by Crippen LogP contribution is 2.21. The summed E-state index contributed by atoms with van der Waals surface area (Å²) in [4.78, 5) is 12.9. The number of nitrogens with one attached hydrogen (secondary N) is 1. The van der Waals surface area contributed by atoms with E-state index in [-0.39, 0.29) is 5.91 Å². The molecule has 3 N–H and O–H groups in total. The number of nitrogen functional groups attached to an aromatic ring is 1. The Kier molecular flexibility index (Phi) is 4.93. The van der Waals surface area contributed by atoms with E-state index in [4.69, 9.17) is 5.73 Å². The molecule has 1 aromatic rings. The minimum Gasteiger partial charge on any atom is -0.399 e. The number of carbonyl (C=O) groups is 1. The van der Waals surface area contributed by atoms with Gasteiger partial charge in [0.05, 0.1) is 5.75 Å². The first kappa shape index (κ1) is 13.3. The van der Waals surface area contributed by atoms with Crippen LogP contribution < -0.4 is 11.1 Å². The second kappa shape index (κ2) is 6.69. The van der Waals surface area contributed by atoms with E-state index in [0.717, 1.165) is 23.4 Å². The van der Waals surface area contributed by atoms with Gasteiger partial charge in [-0.1, -0.05) is 25.3 Å². The molecule has 0 unspecified atom stereocenters. The first-order valence-corrected chi connectivity index (χ1v) is 7.50. The van der Waals surface area contributed by atoms with Gasteiger partial charge in [-0.15, -0.1) is 11.8 Å². The smallest absolute Gasteiger partial charge is 0.230 e. The monoisotopic (exact) mass is 264 g/mol. The highest BCUT2D eigenvalue weighted by molar-refractivity contribution is 8.00. The van der Waals surface area contributed by atoms with Crippen molar-refractivity contribution in [3.05, 3.63) is 24.3 Å². The maximum Gasteiger partial charge on any atom is 0.230 e. The van der Waals surface area contributed by atoms with Gasteiger partial charge in [0.2, 0.25) is 5.91 Å². The SMILES string of the molecule is Nc1cccc(SCC(=O)NC2CCCCC2)c1. The van der Waals surface area contributed by atoms with Crippen LogP contribution in [0.5, 0.6) is 0 Å². The van der Waals surface area contributed by atoms with Crippen molar-refractivity contribution in [2.24, 2.45) is 0 Å². The quantitative estimate of drug-likeness (QED) is 0.649. The number of hydrogen-bond acceptors (Lipinski definition) is 3. The minimum absolute atomic E-state index is 0.134. The summed E-state index contributed by atoms with van der Waals surface area (Å²) in [6, 6.07) is 8.05. The van der Waals surface area contributed by atoms with Crippen molar-refractivity contribution < 1.29 is 4.79 Å². The van der Waals surface area contributed by atoms with Crippen LogP contribution in [0.25, 0.3) is 0 Å². The molecule has 1 fully saturated rings. The van der Waals surface area contributed by atoms with Crippen molar-refractivity contribution in [1.82, 2.24) is 5.32 Å². The molecule has 0 heterocycles. The van der Waals surface area contributed by atoms with Gasteiger partial charge in [0.1, 0.15) is 0 Å². The molecule has 1 saturated carbocycles. The maximum absolute atomic E-state index is 11.8. The highest BCUT2D eigenvalue weighted by Gasteiger charge is 2.15. The molecule has 0 atom stereocenters. The minimum atomic E-state index is 0.134. The second-order valence-electron chi connectivity index (χ2n) is 4.76. The van der Waals surface area contributed by atoms with Crippen molar-refractivity contribution in [2.45, 2.75) is 43.0 Å². The molecule has 3 nitrogen and oxygen atoms in total. The van der Waals surface area contributed by atoms with Crippen LogP contribution in [0.15, 0.2) is 29.2 Å². The van der Waals surface area contributed by atoms with Crippen LogP contribution in [0, 0.1) is 0 Å². The maximum atomic E-state index is 11.8. The lowest BCUT2D eigenvalue weighted by atomic mass is 9.95. The molecule has 0 aliphatic heterocycles. The number of anilines is 1. The van der Waals surface area contributed by atoms with E-state index in [1.807, 2.05) is 24.3 Å². The van der Waals surface area contributed by atoms with Gasteiger partial charge in [0.25, 0.3) is 0 Å². The molecule has 98 valence electrons. The van der Waals surface area contributed by atoms with Crippen molar-refractivity contribution in [3.63, 3.8) is 0 Å².